The molecule has 0 aromatic rings. The lowest BCUT2D eigenvalue weighted by atomic mass is 9.85. The number of sulfone groups is 1. The van der Waals surface area contributed by atoms with Crippen LogP contribution < -0.4 is 10.6 Å². The second-order valence-electron chi connectivity index (χ2n) is 8.39. The zero-order chi connectivity index (χ0) is 18.3. The summed E-state index contributed by atoms with van der Waals surface area (Å²) < 4.78 is 23.2. The Hall–Kier alpha value is -0.0500. The molecule has 0 heterocycles. The molecule has 2 aliphatic carbocycles. The summed E-state index contributed by atoms with van der Waals surface area (Å²) in [5.41, 5.74) is -0.110. The molecule has 26 heavy (non-hydrogen) atoms. The maximum Gasteiger partial charge on any atom is 0.191 e. The molecule has 1 unspecified atom stereocenters. The van der Waals surface area contributed by atoms with E-state index >= 15 is 0 Å². The number of rotatable bonds is 9. The van der Waals surface area contributed by atoms with Gasteiger partial charge in [-0.25, -0.2) is 8.42 Å². The van der Waals surface area contributed by atoms with Crippen molar-refractivity contribution in [3.63, 3.8) is 0 Å². The van der Waals surface area contributed by atoms with Crippen molar-refractivity contribution in [2.24, 2.45) is 16.3 Å². The summed E-state index contributed by atoms with van der Waals surface area (Å²) in [5, 5.41) is 6.81. The number of nitrogens with one attached hydrogen (secondary N) is 2. The molecule has 0 radical (unpaired) electrons. The van der Waals surface area contributed by atoms with E-state index in [9.17, 15) is 8.42 Å². The van der Waals surface area contributed by atoms with Crippen LogP contribution >= 0.6 is 24.0 Å². The van der Waals surface area contributed by atoms with Gasteiger partial charge in [-0.1, -0.05) is 32.1 Å². The van der Waals surface area contributed by atoms with Crippen molar-refractivity contribution in [1.82, 2.24) is 10.6 Å². The highest BCUT2D eigenvalue weighted by molar-refractivity contribution is 14.0. The lowest BCUT2D eigenvalue weighted by Crippen LogP contribution is -2.42. The first kappa shape index (κ1) is 24.0. The maximum absolute atomic E-state index is 11.6. The molecule has 0 bridgehead atoms. The summed E-state index contributed by atoms with van der Waals surface area (Å²) in [5.74, 6) is 2.00. The number of nitrogens with zero attached hydrogens (tertiary/aromatic N) is 1. The normalized spacial score (nSPS) is 21.6. The van der Waals surface area contributed by atoms with Gasteiger partial charge in [0.25, 0.3) is 0 Å². The van der Waals surface area contributed by atoms with Crippen molar-refractivity contribution in [2.45, 2.75) is 77.7 Å². The molecule has 2 saturated carbocycles. The minimum absolute atomic E-state index is 0. The first-order valence-electron chi connectivity index (χ1n) is 10.0. The monoisotopic (exact) mass is 499 g/mol. The van der Waals surface area contributed by atoms with Gasteiger partial charge in [0.1, 0.15) is 9.84 Å². The van der Waals surface area contributed by atoms with Crippen molar-refractivity contribution in [1.29, 1.82) is 0 Å². The van der Waals surface area contributed by atoms with Gasteiger partial charge in [-0.15, -0.1) is 24.0 Å². The lowest BCUT2D eigenvalue weighted by molar-refractivity contribution is 0.322. The summed E-state index contributed by atoms with van der Waals surface area (Å²) in [6.07, 6.45) is 12.8. The Labute approximate surface area is 177 Å². The van der Waals surface area contributed by atoms with Crippen LogP contribution in [0.2, 0.25) is 0 Å². The van der Waals surface area contributed by atoms with Crippen LogP contribution in [0.15, 0.2) is 4.99 Å². The van der Waals surface area contributed by atoms with Crippen molar-refractivity contribution in [2.75, 3.05) is 25.1 Å². The average molecular weight is 500 g/mol. The predicted octanol–water partition coefficient (Wildman–Crippen LogP) is 3.73. The van der Waals surface area contributed by atoms with Crippen LogP contribution in [0.3, 0.4) is 0 Å². The number of aliphatic imine (C=N–C) groups is 1. The zero-order valence-corrected chi connectivity index (χ0v) is 19.9. The van der Waals surface area contributed by atoms with E-state index in [1.54, 1.807) is 0 Å². The third kappa shape index (κ3) is 9.24. The molecule has 2 aliphatic rings. The Morgan fingerprint density at radius 2 is 1.88 bits per heavy atom. The van der Waals surface area contributed by atoms with Crippen LogP contribution in [-0.2, 0) is 9.84 Å². The second kappa shape index (κ2) is 11.1. The van der Waals surface area contributed by atoms with E-state index < -0.39 is 9.84 Å². The molecule has 2 rings (SSSR count). The Kier molecular flexibility index (Phi) is 10.2. The number of halogens is 1. The summed E-state index contributed by atoms with van der Waals surface area (Å²) in [6.45, 7) is 5.71. The minimum Gasteiger partial charge on any atom is -0.357 e. The van der Waals surface area contributed by atoms with Crippen molar-refractivity contribution in [3.05, 3.63) is 0 Å². The second-order valence-corrected chi connectivity index (χ2v) is 10.5. The van der Waals surface area contributed by atoms with Crippen molar-refractivity contribution < 1.29 is 8.42 Å². The molecule has 1 atom stereocenters. The van der Waals surface area contributed by atoms with Crippen LogP contribution in [0.4, 0.5) is 0 Å². The summed E-state index contributed by atoms with van der Waals surface area (Å²) in [4.78, 5) is 4.70. The Morgan fingerprint density at radius 1 is 1.23 bits per heavy atom. The fourth-order valence-electron chi connectivity index (χ4n) is 3.91. The summed E-state index contributed by atoms with van der Waals surface area (Å²) in [7, 11) is -2.93. The molecule has 154 valence electrons. The third-order valence-electron chi connectivity index (χ3n) is 5.56. The van der Waals surface area contributed by atoms with E-state index in [4.69, 9.17) is 4.99 Å². The van der Waals surface area contributed by atoms with E-state index in [0.29, 0.717) is 12.6 Å². The first-order chi connectivity index (χ1) is 11.8. The van der Waals surface area contributed by atoms with Crippen LogP contribution in [0.5, 0.6) is 0 Å². The van der Waals surface area contributed by atoms with E-state index in [2.05, 4.69) is 24.5 Å². The molecule has 5 nitrogen and oxygen atoms in total. The molecule has 0 aromatic heterocycles. The van der Waals surface area contributed by atoms with E-state index in [1.165, 1.54) is 51.2 Å². The highest BCUT2D eigenvalue weighted by Crippen LogP contribution is 2.46. The topological polar surface area (TPSA) is 70.6 Å². The quantitative estimate of drug-likeness (QED) is 0.288. The van der Waals surface area contributed by atoms with Crippen molar-refractivity contribution in [3.8, 4) is 0 Å². The van der Waals surface area contributed by atoms with Crippen LogP contribution in [0, 0.1) is 11.3 Å². The van der Waals surface area contributed by atoms with Crippen LogP contribution in [0.1, 0.15) is 71.6 Å². The Morgan fingerprint density at radius 3 is 2.42 bits per heavy atom. The molecule has 0 saturated heterocycles. The average Bonchev–Trinajstić information content (AvgIpc) is 3.30. The zero-order valence-electron chi connectivity index (χ0n) is 16.7. The van der Waals surface area contributed by atoms with E-state index in [1.807, 2.05) is 0 Å². The molecule has 2 N–H and O–H groups in total. The van der Waals surface area contributed by atoms with Crippen molar-refractivity contribution >= 4 is 39.8 Å². The summed E-state index contributed by atoms with van der Waals surface area (Å²) >= 11 is 0. The molecule has 0 aromatic carbocycles. The highest BCUT2D eigenvalue weighted by atomic mass is 127. The van der Waals surface area contributed by atoms with Gasteiger partial charge in [-0.2, -0.15) is 0 Å². The van der Waals surface area contributed by atoms with Gasteiger partial charge in [0.15, 0.2) is 5.96 Å². The van der Waals surface area contributed by atoms with Gasteiger partial charge in [-0.05, 0) is 45.4 Å². The first-order valence-corrected chi connectivity index (χ1v) is 12.1. The van der Waals surface area contributed by atoms with Gasteiger partial charge < -0.3 is 10.6 Å². The van der Waals surface area contributed by atoms with E-state index in [-0.39, 0.29) is 35.1 Å². The van der Waals surface area contributed by atoms with Gasteiger partial charge in [-0.3, -0.25) is 4.99 Å². The Balaban J connectivity index is 0.00000338. The minimum atomic E-state index is -2.93. The van der Waals surface area contributed by atoms with Crippen LogP contribution in [-0.4, -0.2) is 45.5 Å². The van der Waals surface area contributed by atoms with Gasteiger partial charge in [0.05, 0.1) is 5.75 Å². The summed E-state index contributed by atoms with van der Waals surface area (Å²) in [6, 6.07) is 0.393. The number of guanidine groups is 1. The molecule has 2 fully saturated rings. The van der Waals surface area contributed by atoms with E-state index in [0.717, 1.165) is 31.3 Å². The molecule has 0 amide bonds. The third-order valence-corrected chi connectivity index (χ3v) is 6.69. The lowest BCUT2D eigenvalue weighted by Gasteiger charge is -2.24. The fraction of sp³-hybridized carbons (Fsp3) is 0.947. The van der Waals surface area contributed by atoms with Gasteiger partial charge >= 0.3 is 0 Å². The smallest absolute Gasteiger partial charge is 0.191 e. The number of hydrogen-bond donors (Lipinski definition) is 2. The van der Waals surface area contributed by atoms with Gasteiger partial charge in [0, 0.05) is 30.8 Å². The molecule has 7 heteroatoms. The number of hydrogen-bond acceptors (Lipinski definition) is 3. The standard InChI is InChI=1S/C19H37N3O2S.HI/c1-4-20-18(21-14-19(12-13-19)15-25(3,23)24)22-16(2)10-11-17-8-6-5-7-9-17;/h16-17H,4-15H2,1-3H3,(H2,20,21,22);1H. The van der Waals surface area contributed by atoms with Gasteiger partial charge in [0.2, 0.25) is 0 Å². The maximum atomic E-state index is 11.6. The molecule has 0 aliphatic heterocycles. The van der Waals surface area contributed by atoms with Crippen LogP contribution in [0.25, 0.3) is 0 Å². The fourth-order valence-corrected chi connectivity index (χ4v) is 5.41. The highest BCUT2D eigenvalue weighted by Gasteiger charge is 2.45. The molecular weight excluding hydrogens is 461 g/mol. The molecule has 0 spiro atoms. The largest absolute Gasteiger partial charge is 0.357 e. The molecular formula is C19H38IN3O2S. The predicted molar refractivity (Wildman–Crippen MR) is 121 cm³/mol. The Bertz CT molecular complexity index is 541. The SMILES string of the molecule is CCNC(=NCC1(CS(C)(=O)=O)CC1)NC(C)CCC1CCCCC1.I.